The average Bonchev–Trinajstić information content (AvgIpc) is 2.20. The Morgan fingerprint density at radius 2 is 1.71 bits per heavy atom. The van der Waals surface area contributed by atoms with Crippen LogP contribution >= 0.6 is 0 Å². The van der Waals surface area contributed by atoms with Crippen LogP contribution in [0.3, 0.4) is 0 Å². The summed E-state index contributed by atoms with van der Waals surface area (Å²) >= 11 is 0. The van der Waals surface area contributed by atoms with Crippen LogP contribution in [0.5, 0.6) is 0 Å². The van der Waals surface area contributed by atoms with Gasteiger partial charge in [0.25, 0.3) is 6.43 Å². The van der Waals surface area contributed by atoms with Gasteiger partial charge in [0.15, 0.2) is 0 Å². The van der Waals surface area contributed by atoms with Crippen LogP contribution in [0.15, 0.2) is 24.3 Å². The molecule has 0 saturated heterocycles. The highest BCUT2D eigenvalue weighted by Gasteiger charge is 2.10. The molecule has 0 bridgehead atoms. The van der Waals surface area contributed by atoms with E-state index in [0.29, 0.717) is 0 Å². The minimum Gasteiger partial charge on any atom is -0.394 e. The fraction of sp³-hybridized carbons (Fsp3) is 0.400. The molecule has 78 valence electrons. The maximum absolute atomic E-state index is 12.2. The smallest absolute Gasteiger partial charge is 0.263 e. The topological polar surface area (TPSA) is 32.3 Å². The fourth-order valence-corrected chi connectivity index (χ4v) is 1.24. The van der Waals surface area contributed by atoms with Crippen molar-refractivity contribution < 1.29 is 13.9 Å². The van der Waals surface area contributed by atoms with Gasteiger partial charge in [-0.15, -0.1) is 0 Å². The highest BCUT2D eigenvalue weighted by Crippen LogP contribution is 2.20. The van der Waals surface area contributed by atoms with Gasteiger partial charge in [-0.1, -0.05) is 24.3 Å². The molecule has 0 aromatic heterocycles. The van der Waals surface area contributed by atoms with E-state index < -0.39 is 6.43 Å². The number of likely N-dealkylation sites (N-methyl/N-ethyl adjacent to an activating group) is 1. The van der Waals surface area contributed by atoms with Crippen molar-refractivity contribution in [3.63, 3.8) is 0 Å². The lowest BCUT2D eigenvalue weighted by Gasteiger charge is -2.13. The molecule has 0 unspecified atom stereocenters. The number of rotatable bonds is 4. The fourth-order valence-electron chi connectivity index (χ4n) is 1.24. The molecule has 1 aromatic rings. The third-order valence-electron chi connectivity index (χ3n) is 2.12. The molecule has 1 rings (SSSR count). The van der Waals surface area contributed by atoms with Gasteiger partial charge in [0.2, 0.25) is 0 Å². The van der Waals surface area contributed by atoms with Crippen LogP contribution in [0.25, 0.3) is 0 Å². The van der Waals surface area contributed by atoms with Gasteiger partial charge >= 0.3 is 0 Å². The summed E-state index contributed by atoms with van der Waals surface area (Å²) in [5.41, 5.74) is 0.806. The number of hydrogen-bond acceptors (Lipinski definition) is 2. The summed E-state index contributed by atoms with van der Waals surface area (Å²) in [4.78, 5) is 0. The van der Waals surface area contributed by atoms with Gasteiger partial charge in [-0.3, -0.25) is 0 Å². The van der Waals surface area contributed by atoms with Gasteiger partial charge < -0.3 is 10.4 Å². The largest absolute Gasteiger partial charge is 0.394 e. The Morgan fingerprint density at radius 3 is 2.07 bits per heavy atom. The maximum Gasteiger partial charge on any atom is 0.263 e. The summed E-state index contributed by atoms with van der Waals surface area (Å²) in [6.07, 6.45) is -2.44. The van der Waals surface area contributed by atoms with Gasteiger partial charge in [-0.25, -0.2) is 8.78 Å². The molecule has 0 aliphatic heterocycles. The third kappa shape index (κ3) is 2.49. The molecule has 0 radical (unpaired) electrons. The average molecular weight is 201 g/mol. The second-order valence-corrected chi connectivity index (χ2v) is 2.99. The molecule has 0 heterocycles. The van der Waals surface area contributed by atoms with Gasteiger partial charge in [0.05, 0.1) is 12.6 Å². The lowest BCUT2D eigenvalue weighted by atomic mass is 10.1. The molecule has 0 amide bonds. The quantitative estimate of drug-likeness (QED) is 0.779. The summed E-state index contributed by atoms with van der Waals surface area (Å²) in [6, 6.07) is 5.75. The third-order valence-corrected chi connectivity index (χ3v) is 2.12. The molecule has 1 atom stereocenters. The number of aliphatic hydroxyl groups is 1. The van der Waals surface area contributed by atoms with E-state index in [-0.39, 0.29) is 18.2 Å². The Bertz CT molecular complexity index is 270. The first-order valence-electron chi connectivity index (χ1n) is 4.35. The van der Waals surface area contributed by atoms with E-state index in [1.165, 1.54) is 12.1 Å². The zero-order chi connectivity index (χ0) is 10.6. The number of nitrogens with one attached hydrogen (secondary N) is 1. The Morgan fingerprint density at radius 1 is 1.21 bits per heavy atom. The zero-order valence-corrected chi connectivity index (χ0v) is 7.87. The molecule has 0 aliphatic carbocycles. The van der Waals surface area contributed by atoms with Crippen molar-refractivity contribution in [2.24, 2.45) is 0 Å². The normalized spacial score (nSPS) is 13.2. The Labute approximate surface area is 81.6 Å². The van der Waals surface area contributed by atoms with Crippen LogP contribution in [-0.4, -0.2) is 18.8 Å². The van der Waals surface area contributed by atoms with Crippen LogP contribution in [0.1, 0.15) is 23.6 Å². The maximum atomic E-state index is 12.2. The number of aliphatic hydroxyl groups excluding tert-OH is 1. The first-order valence-corrected chi connectivity index (χ1v) is 4.35. The second-order valence-electron chi connectivity index (χ2n) is 2.99. The summed E-state index contributed by atoms with van der Waals surface area (Å²) in [5, 5.41) is 11.8. The first kappa shape index (κ1) is 11.1. The molecule has 0 fully saturated rings. The number of benzene rings is 1. The molecule has 0 aliphatic rings. The Hall–Kier alpha value is -1.00. The molecule has 14 heavy (non-hydrogen) atoms. The highest BCUT2D eigenvalue weighted by molar-refractivity contribution is 5.25. The van der Waals surface area contributed by atoms with Crippen LogP contribution in [0.2, 0.25) is 0 Å². The van der Waals surface area contributed by atoms with E-state index in [2.05, 4.69) is 5.32 Å². The first-order chi connectivity index (χ1) is 6.69. The van der Waals surface area contributed by atoms with Crippen molar-refractivity contribution in [1.29, 1.82) is 0 Å². The van der Waals surface area contributed by atoms with Crippen molar-refractivity contribution >= 4 is 0 Å². The van der Waals surface area contributed by atoms with Crippen LogP contribution < -0.4 is 5.32 Å². The highest BCUT2D eigenvalue weighted by atomic mass is 19.3. The van der Waals surface area contributed by atoms with E-state index >= 15 is 0 Å². The zero-order valence-electron chi connectivity index (χ0n) is 7.87. The summed E-state index contributed by atoms with van der Waals surface area (Å²) in [7, 11) is 1.71. The van der Waals surface area contributed by atoms with E-state index in [9.17, 15) is 8.78 Å². The lowest BCUT2D eigenvalue weighted by Crippen LogP contribution is -2.19. The van der Waals surface area contributed by atoms with Crippen molar-refractivity contribution in [2.75, 3.05) is 13.7 Å². The molecular formula is C10H13F2NO. The van der Waals surface area contributed by atoms with Crippen molar-refractivity contribution in [3.8, 4) is 0 Å². The number of hydrogen-bond donors (Lipinski definition) is 2. The minimum atomic E-state index is -2.44. The molecule has 2 N–H and O–H groups in total. The monoisotopic (exact) mass is 201 g/mol. The standard InChI is InChI=1S/C10H13F2NO/c1-13-9(6-14)7-2-4-8(5-3-7)10(11)12/h2-5,9-10,13-14H,6H2,1H3/t9-/m1/s1. The summed E-state index contributed by atoms with van der Waals surface area (Å²) < 4.78 is 24.4. The number of alkyl halides is 2. The van der Waals surface area contributed by atoms with Crippen molar-refractivity contribution in [2.45, 2.75) is 12.5 Å². The molecule has 2 nitrogen and oxygen atoms in total. The van der Waals surface area contributed by atoms with Crippen LogP contribution in [0.4, 0.5) is 8.78 Å². The Kier molecular flexibility index (Phi) is 3.98. The van der Waals surface area contributed by atoms with Gasteiger partial charge in [0.1, 0.15) is 0 Å². The van der Waals surface area contributed by atoms with Crippen LogP contribution in [-0.2, 0) is 0 Å². The van der Waals surface area contributed by atoms with E-state index in [0.717, 1.165) is 5.56 Å². The van der Waals surface area contributed by atoms with Crippen LogP contribution in [0, 0.1) is 0 Å². The SMILES string of the molecule is CN[C@H](CO)c1ccc(C(F)F)cc1. The van der Waals surface area contributed by atoms with Gasteiger partial charge in [0, 0.05) is 5.56 Å². The molecular weight excluding hydrogens is 188 g/mol. The van der Waals surface area contributed by atoms with Crippen molar-refractivity contribution in [3.05, 3.63) is 35.4 Å². The predicted molar refractivity (Wildman–Crippen MR) is 50.3 cm³/mol. The van der Waals surface area contributed by atoms with Crippen molar-refractivity contribution in [1.82, 2.24) is 5.32 Å². The van der Waals surface area contributed by atoms with Gasteiger partial charge in [-0.05, 0) is 12.6 Å². The molecule has 1 aromatic carbocycles. The van der Waals surface area contributed by atoms with E-state index in [1.807, 2.05) is 0 Å². The van der Waals surface area contributed by atoms with Gasteiger partial charge in [-0.2, -0.15) is 0 Å². The minimum absolute atomic E-state index is 0.00143. The summed E-state index contributed by atoms with van der Waals surface area (Å²) in [5.74, 6) is 0. The molecule has 0 saturated carbocycles. The summed E-state index contributed by atoms with van der Waals surface area (Å²) in [6.45, 7) is -0.0511. The Balaban J connectivity index is 2.81. The van der Waals surface area contributed by atoms with E-state index in [1.54, 1.807) is 19.2 Å². The van der Waals surface area contributed by atoms with E-state index in [4.69, 9.17) is 5.11 Å². The lowest BCUT2D eigenvalue weighted by molar-refractivity contribution is 0.151. The molecule has 4 heteroatoms. The molecule has 0 spiro atoms. The second kappa shape index (κ2) is 5.02. The predicted octanol–water partition coefficient (Wildman–Crippen LogP) is 1.88. The number of halogens is 2.